The molecule has 0 saturated carbocycles. The molecule has 0 saturated heterocycles. The number of carbonyl (C=O) groups is 4. The number of hydrogen-bond donors (Lipinski definition) is 2. The van der Waals surface area contributed by atoms with Gasteiger partial charge in [0.2, 0.25) is 11.8 Å². The Labute approximate surface area is 169 Å². The number of nitrogens with one attached hydrogen (secondary N) is 2. The maximum atomic E-state index is 12.6. The summed E-state index contributed by atoms with van der Waals surface area (Å²) >= 11 is 0. The fourth-order valence-electron chi connectivity index (χ4n) is 2.55. The summed E-state index contributed by atoms with van der Waals surface area (Å²) in [6.07, 6.45) is 3.16. The van der Waals surface area contributed by atoms with E-state index in [4.69, 9.17) is 0 Å². The zero-order valence-electron chi connectivity index (χ0n) is 15.9. The third-order valence-corrected chi connectivity index (χ3v) is 4.13. The molecule has 0 bridgehead atoms. The van der Waals surface area contributed by atoms with Gasteiger partial charge in [0, 0.05) is 35.3 Å². The summed E-state index contributed by atoms with van der Waals surface area (Å²) in [4.78, 5) is 47.1. The number of benzene rings is 2. The average Bonchev–Trinajstić information content (AvgIpc) is 2.76. The van der Waals surface area contributed by atoms with Gasteiger partial charge >= 0.3 is 0 Å². The number of ketones is 2. The van der Waals surface area contributed by atoms with Crippen molar-refractivity contribution in [2.75, 3.05) is 11.9 Å². The van der Waals surface area contributed by atoms with Gasteiger partial charge in [0.25, 0.3) is 0 Å². The van der Waals surface area contributed by atoms with Gasteiger partial charge in [-0.3, -0.25) is 19.2 Å². The summed E-state index contributed by atoms with van der Waals surface area (Å²) in [7, 11) is 0. The number of anilines is 1. The lowest BCUT2D eigenvalue weighted by atomic mass is 9.99. The number of carbonyl (C=O) groups excluding carboxylic acids is 4. The van der Waals surface area contributed by atoms with Crippen LogP contribution in [-0.4, -0.2) is 29.9 Å². The van der Waals surface area contributed by atoms with Gasteiger partial charge in [0.15, 0.2) is 11.6 Å². The summed E-state index contributed by atoms with van der Waals surface area (Å²) < 4.78 is 0. The molecule has 0 aliphatic rings. The molecule has 2 aromatic carbocycles. The number of amides is 2. The highest BCUT2D eigenvalue weighted by molar-refractivity contribution is 6.10. The van der Waals surface area contributed by atoms with Gasteiger partial charge in [-0.15, -0.1) is 0 Å². The minimum atomic E-state index is -0.326. The Bertz CT molecular complexity index is 928. The van der Waals surface area contributed by atoms with Crippen LogP contribution in [0.2, 0.25) is 0 Å². The van der Waals surface area contributed by atoms with Crippen molar-refractivity contribution >= 4 is 29.1 Å². The fourth-order valence-corrected chi connectivity index (χ4v) is 2.55. The quantitative estimate of drug-likeness (QED) is 0.370. The van der Waals surface area contributed by atoms with Crippen molar-refractivity contribution in [3.05, 3.63) is 90.5 Å². The van der Waals surface area contributed by atoms with Gasteiger partial charge in [0.05, 0.1) is 0 Å². The van der Waals surface area contributed by atoms with E-state index in [9.17, 15) is 19.2 Å². The van der Waals surface area contributed by atoms with E-state index in [1.165, 1.54) is 12.2 Å². The van der Waals surface area contributed by atoms with Gasteiger partial charge in [0.1, 0.15) is 0 Å². The molecule has 0 fully saturated rings. The second-order valence-electron chi connectivity index (χ2n) is 6.20. The first kappa shape index (κ1) is 21.5. The molecule has 2 rings (SSSR count). The molecule has 0 unspecified atom stereocenters. The van der Waals surface area contributed by atoms with Crippen LogP contribution in [-0.2, 0) is 9.59 Å². The van der Waals surface area contributed by atoms with Crippen molar-refractivity contribution in [1.82, 2.24) is 5.32 Å². The molecular weight excluding hydrogens is 368 g/mol. The molecule has 6 nitrogen and oxygen atoms in total. The van der Waals surface area contributed by atoms with Crippen molar-refractivity contribution < 1.29 is 19.2 Å². The third-order valence-electron chi connectivity index (χ3n) is 4.13. The first-order valence-corrected chi connectivity index (χ1v) is 9.06. The smallest absolute Gasteiger partial charge is 0.247 e. The predicted molar refractivity (Wildman–Crippen MR) is 112 cm³/mol. The van der Waals surface area contributed by atoms with Gasteiger partial charge in [-0.2, -0.15) is 0 Å². The molecule has 148 valence electrons. The fraction of sp³-hybridized carbons (Fsp3) is 0.130. The molecule has 0 aromatic heterocycles. The second-order valence-corrected chi connectivity index (χ2v) is 6.20. The van der Waals surface area contributed by atoms with E-state index in [-0.39, 0.29) is 23.4 Å². The van der Waals surface area contributed by atoms with Crippen LogP contribution >= 0.6 is 0 Å². The number of rotatable bonds is 10. The van der Waals surface area contributed by atoms with Crippen LogP contribution in [0, 0.1) is 0 Å². The molecule has 29 heavy (non-hydrogen) atoms. The molecule has 2 N–H and O–H groups in total. The number of hydrogen-bond acceptors (Lipinski definition) is 4. The van der Waals surface area contributed by atoms with E-state index in [1.807, 2.05) is 0 Å². The van der Waals surface area contributed by atoms with E-state index in [2.05, 4.69) is 23.8 Å². The Morgan fingerprint density at radius 2 is 1.28 bits per heavy atom. The van der Waals surface area contributed by atoms with Crippen LogP contribution in [0.25, 0.3) is 0 Å². The van der Waals surface area contributed by atoms with Gasteiger partial charge in [-0.25, -0.2) is 0 Å². The highest BCUT2D eigenvalue weighted by Gasteiger charge is 2.11. The van der Waals surface area contributed by atoms with Crippen LogP contribution in [0.15, 0.2) is 73.8 Å². The summed E-state index contributed by atoms with van der Waals surface area (Å²) in [5.74, 6) is -0.833. The van der Waals surface area contributed by atoms with Gasteiger partial charge < -0.3 is 10.6 Å². The van der Waals surface area contributed by atoms with E-state index in [0.29, 0.717) is 41.8 Å². The lowest BCUT2D eigenvalue weighted by Crippen LogP contribution is -2.22. The standard InChI is InChI=1S/C23H22N2O4/c1-3-21(27)24-15-5-6-20(26)16-7-9-17(10-8-16)23(29)18-11-13-19(14-12-18)25-22(28)4-2/h3-4,7-14H,1-2,5-6,15H2,(H,24,27)(H,25,28). The van der Waals surface area contributed by atoms with Gasteiger partial charge in [-0.1, -0.05) is 37.4 Å². The predicted octanol–water partition coefficient (Wildman–Crippen LogP) is 3.31. The Balaban J connectivity index is 1.94. The lowest BCUT2D eigenvalue weighted by Gasteiger charge is -2.06. The summed E-state index contributed by atoms with van der Waals surface area (Å²) in [5.41, 5.74) is 2.01. The van der Waals surface area contributed by atoms with E-state index in [1.54, 1.807) is 48.5 Å². The molecule has 0 spiro atoms. The molecule has 0 aliphatic heterocycles. The SMILES string of the molecule is C=CC(=O)NCCCC(=O)c1ccc(C(=O)c2ccc(NC(=O)C=C)cc2)cc1. The van der Waals surface area contributed by atoms with Crippen molar-refractivity contribution in [2.24, 2.45) is 0 Å². The molecular formula is C23H22N2O4. The van der Waals surface area contributed by atoms with Crippen molar-refractivity contribution in [2.45, 2.75) is 12.8 Å². The maximum Gasteiger partial charge on any atom is 0.247 e. The Kier molecular flexibility index (Phi) is 7.79. The molecule has 2 aromatic rings. The van der Waals surface area contributed by atoms with Crippen LogP contribution in [0.4, 0.5) is 5.69 Å². The largest absolute Gasteiger partial charge is 0.353 e. The zero-order chi connectivity index (χ0) is 21.2. The van der Waals surface area contributed by atoms with Crippen molar-refractivity contribution in [3.8, 4) is 0 Å². The van der Waals surface area contributed by atoms with E-state index < -0.39 is 0 Å². The van der Waals surface area contributed by atoms with Crippen molar-refractivity contribution in [3.63, 3.8) is 0 Å². The highest BCUT2D eigenvalue weighted by Crippen LogP contribution is 2.15. The average molecular weight is 390 g/mol. The molecule has 0 radical (unpaired) electrons. The van der Waals surface area contributed by atoms with Crippen molar-refractivity contribution in [1.29, 1.82) is 0 Å². The third kappa shape index (κ3) is 6.39. The molecule has 6 heteroatoms. The topological polar surface area (TPSA) is 92.3 Å². The minimum absolute atomic E-state index is 0.0563. The Hall–Kier alpha value is -3.80. The minimum Gasteiger partial charge on any atom is -0.353 e. The Morgan fingerprint density at radius 3 is 1.83 bits per heavy atom. The van der Waals surface area contributed by atoms with Crippen LogP contribution in [0.5, 0.6) is 0 Å². The summed E-state index contributed by atoms with van der Waals surface area (Å²) in [6, 6.07) is 13.0. The lowest BCUT2D eigenvalue weighted by molar-refractivity contribution is -0.116. The molecule has 0 atom stereocenters. The molecule has 0 heterocycles. The highest BCUT2D eigenvalue weighted by atomic mass is 16.2. The van der Waals surface area contributed by atoms with Crippen LogP contribution in [0.3, 0.4) is 0 Å². The van der Waals surface area contributed by atoms with E-state index in [0.717, 1.165) is 0 Å². The monoisotopic (exact) mass is 390 g/mol. The zero-order valence-corrected chi connectivity index (χ0v) is 15.9. The summed E-state index contributed by atoms with van der Waals surface area (Å²) in [6.45, 7) is 7.14. The first-order valence-electron chi connectivity index (χ1n) is 9.06. The second kappa shape index (κ2) is 10.5. The van der Waals surface area contributed by atoms with E-state index >= 15 is 0 Å². The molecule has 0 aliphatic carbocycles. The summed E-state index contributed by atoms with van der Waals surface area (Å²) in [5, 5.41) is 5.23. The van der Waals surface area contributed by atoms with Crippen LogP contribution in [0.1, 0.15) is 39.1 Å². The Morgan fingerprint density at radius 1 is 0.759 bits per heavy atom. The molecule has 2 amide bonds. The number of Topliss-reactive ketones (excluding diaryl/α,β-unsaturated/α-hetero) is 1. The van der Waals surface area contributed by atoms with Crippen LogP contribution < -0.4 is 10.6 Å². The maximum absolute atomic E-state index is 12.6. The first-order chi connectivity index (χ1) is 13.9. The normalized spacial score (nSPS) is 9.93. The van der Waals surface area contributed by atoms with Gasteiger partial charge in [-0.05, 0) is 42.8 Å².